The third-order valence-electron chi connectivity index (χ3n) is 3.15. The molecule has 0 aliphatic heterocycles. The minimum Gasteiger partial charge on any atom is -0.497 e. The van der Waals surface area contributed by atoms with Crippen molar-refractivity contribution < 1.29 is 14.4 Å². The van der Waals surface area contributed by atoms with Crippen molar-refractivity contribution in [3.05, 3.63) is 77.4 Å². The highest BCUT2D eigenvalue weighted by Gasteiger charge is 2.02. The Bertz CT molecular complexity index is 770. The molecule has 0 bridgehead atoms. The normalized spacial score (nSPS) is 10.5. The molecule has 0 spiro atoms. The minimum atomic E-state index is -0.274. The quantitative estimate of drug-likeness (QED) is 0.522. The van der Waals surface area contributed by atoms with Crippen LogP contribution in [-0.2, 0) is 4.84 Å². The fraction of sp³-hybridized carbons (Fsp3) is 0.150. The van der Waals surface area contributed by atoms with Gasteiger partial charge in [-0.05, 0) is 48.9 Å². The van der Waals surface area contributed by atoms with Gasteiger partial charge in [0.1, 0.15) is 5.75 Å². The number of hydrogen-bond donors (Lipinski definition) is 1. The molecular formula is C20H19NO3. The molecule has 4 heteroatoms. The third kappa shape index (κ3) is 5.64. The standard InChI is InChI=1S/C20H19NO3/c1-16(11-12-17-7-6-10-19(15-17)23-2)13-14-24-21-20(22)18-8-4-3-5-9-18/h3-10,13,15H,14H2,1-2H3,(H,21,22)/b16-13+. The summed E-state index contributed by atoms with van der Waals surface area (Å²) in [5, 5.41) is 0. The van der Waals surface area contributed by atoms with Crippen LogP contribution in [0.5, 0.6) is 5.75 Å². The van der Waals surface area contributed by atoms with Crippen LogP contribution in [0.15, 0.2) is 66.2 Å². The molecule has 1 amide bonds. The first-order valence-corrected chi connectivity index (χ1v) is 7.49. The lowest BCUT2D eigenvalue weighted by molar-refractivity contribution is 0.0420. The van der Waals surface area contributed by atoms with Crippen LogP contribution in [0.1, 0.15) is 22.8 Å². The van der Waals surface area contributed by atoms with Gasteiger partial charge in [-0.25, -0.2) is 5.48 Å². The second-order valence-electron chi connectivity index (χ2n) is 4.98. The molecule has 0 unspecified atom stereocenters. The zero-order valence-corrected chi connectivity index (χ0v) is 13.7. The number of allylic oxidation sites excluding steroid dienone is 1. The van der Waals surface area contributed by atoms with Gasteiger partial charge in [-0.3, -0.25) is 9.63 Å². The molecule has 0 atom stereocenters. The Morgan fingerprint density at radius 2 is 1.96 bits per heavy atom. The van der Waals surface area contributed by atoms with Gasteiger partial charge in [0.2, 0.25) is 0 Å². The summed E-state index contributed by atoms with van der Waals surface area (Å²) in [6, 6.07) is 16.4. The Labute approximate surface area is 142 Å². The van der Waals surface area contributed by atoms with Crippen LogP contribution in [0.2, 0.25) is 0 Å². The van der Waals surface area contributed by atoms with E-state index in [0.29, 0.717) is 5.56 Å². The van der Waals surface area contributed by atoms with Gasteiger partial charge in [-0.1, -0.05) is 36.1 Å². The zero-order chi connectivity index (χ0) is 17.2. The average molecular weight is 321 g/mol. The number of rotatable bonds is 5. The summed E-state index contributed by atoms with van der Waals surface area (Å²) in [6.07, 6.45) is 1.80. The molecule has 122 valence electrons. The summed E-state index contributed by atoms with van der Waals surface area (Å²) in [5.74, 6) is 6.59. The van der Waals surface area contributed by atoms with E-state index in [1.54, 1.807) is 37.5 Å². The highest BCUT2D eigenvalue weighted by Crippen LogP contribution is 2.11. The van der Waals surface area contributed by atoms with Crippen molar-refractivity contribution in [2.45, 2.75) is 6.92 Å². The number of carbonyl (C=O) groups is 1. The van der Waals surface area contributed by atoms with Gasteiger partial charge in [0.15, 0.2) is 0 Å². The predicted octanol–water partition coefficient (Wildman–Crippen LogP) is 3.35. The summed E-state index contributed by atoms with van der Waals surface area (Å²) in [5.41, 5.74) is 4.68. The van der Waals surface area contributed by atoms with E-state index in [2.05, 4.69) is 17.3 Å². The smallest absolute Gasteiger partial charge is 0.274 e. The van der Waals surface area contributed by atoms with Crippen molar-refractivity contribution in [2.24, 2.45) is 0 Å². The summed E-state index contributed by atoms with van der Waals surface area (Å²) in [7, 11) is 1.62. The molecule has 0 radical (unpaired) electrons. The first kappa shape index (κ1) is 17.3. The van der Waals surface area contributed by atoms with Gasteiger partial charge in [-0.15, -0.1) is 0 Å². The molecule has 1 N–H and O–H groups in total. The van der Waals surface area contributed by atoms with Crippen LogP contribution in [-0.4, -0.2) is 19.6 Å². The second kappa shape index (κ2) is 9.19. The van der Waals surface area contributed by atoms with Crippen LogP contribution >= 0.6 is 0 Å². The fourth-order valence-electron chi connectivity index (χ4n) is 1.84. The number of benzene rings is 2. The number of nitrogens with one attached hydrogen (secondary N) is 1. The summed E-state index contributed by atoms with van der Waals surface area (Å²) >= 11 is 0. The van der Waals surface area contributed by atoms with Crippen LogP contribution in [0, 0.1) is 11.8 Å². The molecular weight excluding hydrogens is 302 g/mol. The molecule has 24 heavy (non-hydrogen) atoms. The Kier molecular flexibility index (Phi) is 6.63. The molecule has 0 aromatic heterocycles. The molecule has 0 aliphatic rings. The number of hydroxylamine groups is 1. The van der Waals surface area contributed by atoms with Crippen LogP contribution in [0.25, 0.3) is 0 Å². The monoisotopic (exact) mass is 321 g/mol. The first-order valence-electron chi connectivity index (χ1n) is 7.49. The van der Waals surface area contributed by atoms with Crippen molar-refractivity contribution in [3.63, 3.8) is 0 Å². The van der Waals surface area contributed by atoms with E-state index in [1.807, 2.05) is 37.3 Å². The van der Waals surface area contributed by atoms with E-state index in [9.17, 15) is 4.79 Å². The average Bonchev–Trinajstić information content (AvgIpc) is 2.64. The Morgan fingerprint density at radius 3 is 2.71 bits per heavy atom. The molecule has 4 nitrogen and oxygen atoms in total. The third-order valence-corrected chi connectivity index (χ3v) is 3.15. The maximum atomic E-state index is 11.8. The molecule has 0 heterocycles. The van der Waals surface area contributed by atoms with E-state index < -0.39 is 0 Å². The minimum absolute atomic E-state index is 0.247. The summed E-state index contributed by atoms with van der Waals surface area (Å²) in [4.78, 5) is 16.9. The molecule has 0 aliphatic carbocycles. The lowest BCUT2D eigenvalue weighted by atomic mass is 10.2. The number of hydrogen-bond acceptors (Lipinski definition) is 3. The van der Waals surface area contributed by atoms with Crippen molar-refractivity contribution in [1.82, 2.24) is 5.48 Å². The molecule has 0 fully saturated rings. The van der Waals surface area contributed by atoms with E-state index in [0.717, 1.165) is 16.9 Å². The van der Waals surface area contributed by atoms with Gasteiger partial charge in [0.05, 0.1) is 13.7 Å². The predicted molar refractivity (Wildman–Crippen MR) is 93.5 cm³/mol. The maximum Gasteiger partial charge on any atom is 0.274 e. The number of methoxy groups -OCH3 is 1. The Hall–Kier alpha value is -3.03. The van der Waals surface area contributed by atoms with Crippen LogP contribution in [0.3, 0.4) is 0 Å². The number of amides is 1. The van der Waals surface area contributed by atoms with Crippen LogP contribution < -0.4 is 10.2 Å². The molecule has 0 saturated heterocycles. The van der Waals surface area contributed by atoms with E-state index in [4.69, 9.17) is 9.57 Å². The highest BCUT2D eigenvalue weighted by atomic mass is 16.6. The first-order chi connectivity index (χ1) is 11.7. The Balaban J connectivity index is 1.82. The van der Waals surface area contributed by atoms with Gasteiger partial charge in [0, 0.05) is 11.1 Å². The molecule has 2 rings (SSSR count). The van der Waals surface area contributed by atoms with Crippen LogP contribution in [0.4, 0.5) is 0 Å². The SMILES string of the molecule is COc1cccc(C#C/C(C)=C/CONC(=O)c2ccccc2)c1. The maximum absolute atomic E-state index is 11.8. The fourth-order valence-corrected chi connectivity index (χ4v) is 1.84. The number of carbonyl (C=O) groups excluding carboxylic acids is 1. The molecule has 2 aromatic rings. The van der Waals surface area contributed by atoms with Gasteiger partial charge >= 0.3 is 0 Å². The lowest BCUT2D eigenvalue weighted by Crippen LogP contribution is -2.23. The topological polar surface area (TPSA) is 47.6 Å². The summed E-state index contributed by atoms with van der Waals surface area (Å²) in [6.45, 7) is 2.13. The van der Waals surface area contributed by atoms with Crippen molar-refractivity contribution >= 4 is 5.91 Å². The zero-order valence-electron chi connectivity index (χ0n) is 13.7. The van der Waals surface area contributed by atoms with E-state index in [1.165, 1.54) is 0 Å². The van der Waals surface area contributed by atoms with Crippen molar-refractivity contribution in [1.29, 1.82) is 0 Å². The molecule has 2 aromatic carbocycles. The van der Waals surface area contributed by atoms with Gasteiger partial charge < -0.3 is 4.74 Å². The summed E-state index contributed by atoms with van der Waals surface area (Å²) < 4.78 is 5.16. The second-order valence-corrected chi connectivity index (χ2v) is 4.98. The van der Waals surface area contributed by atoms with Gasteiger partial charge in [-0.2, -0.15) is 0 Å². The highest BCUT2D eigenvalue weighted by molar-refractivity contribution is 5.93. The molecule has 0 saturated carbocycles. The largest absolute Gasteiger partial charge is 0.497 e. The van der Waals surface area contributed by atoms with E-state index >= 15 is 0 Å². The number of ether oxygens (including phenoxy) is 1. The van der Waals surface area contributed by atoms with E-state index in [-0.39, 0.29) is 12.5 Å². The van der Waals surface area contributed by atoms with Gasteiger partial charge in [0.25, 0.3) is 5.91 Å². The van der Waals surface area contributed by atoms with Crippen molar-refractivity contribution in [2.75, 3.05) is 13.7 Å². The van der Waals surface area contributed by atoms with Crippen molar-refractivity contribution in [3.8, 4) is 17.6 Å². The lowest BCUT2D eigenvalue weighted by Gasteiger charge is -2.03. The Morgan fingerprint density at radius 1 is 1.17 bits per heavy atom.